The molecule has 0 heterocycles. The highest BCUT2D eigenvalue weighted by molar-refractivity contribution is 4.69. The molecule has 0 saturated carbocycles. The zero-order chi connectivity index (χ0) is 14.8. The highest BCUT2D eigenvalue weighted by Crippen LogP contribution is 2.17. The summed E-state index contributed by atoms with van der Waals surface area (Å²) in [6.45, 7) is 16.5. The van der Waals surface area contributed by atoms with Crippen LogP contribution in [0.1, 0.15) is 68.2 Å². The van der Waals surface area contributed by atoms with Crippen LogP contribution in [-0.4, -0.2) is 35.6 Å². The molecular weight excluding hydrogens is 228 g/mol. The molecule has 0 amide bonds. The second kappa shape index (κ2) is 10.8. The topological polar surface area (TPSA) is 38.7 Å². The lowest BCUT2D eigenvalue weighted by atomic mass is 10.1. The maximum Gasteiger partial charge on any atom is 0.0651 e. The molecular formula is C15H34O3. The van der Waals surface area contributed by atoms with Gasteiger partial charge in [0.1, 0.15) is 0 Å². The molecule has 3 nitrogen and oxygen atoms in total. The molecule has 0 bridgehead atoms. The van der Waals surface area contributed by atoms with Crippen LogP contribution in [0.15, 0.2) is 0 Å². The number of rotatable bonds is 7. The van der Waals surface area contributed by atoms with Crippen LogP contribution in [0.4, 0.5) is 0 Å². The van der Waals surface area contributed by atoms with Crippen molar-refractivity contribution in [3.05, 3.63) is 0 Å². The lowest BCUT2D eigenvalue weighted by Crippen LogP contribution is -2.30. The molecule has 0 spiro atoms. The molecule has 1 N–H and O–H groups in total. The van der Waals surface area contributed by atoms with Gasteiger partial charge in [-0.2, -0.15) is 0 Å². The molecule has 1 unspecified atom stereocenters. The fourth-order valence-electron chi connectivity index (χ4n) is 1.50. The van der Waals surface area contributed by atoms with Gasteiger partial charge in [-0.15, -0.1) is 0 Å². The van der Waals surface area contributed by atoms with E-state index in [1.165, 1.54) is 0 Å². The maximum atomic E-state index is 8.71. The Bertz CT molecular complexity index is 171. The molecule has 0 aliphatic rings. The number of aliphatic hydroxyl groups is 1. The first-order valence-corrected chi connectivity index (χ1v) is 7.08. The minimum Gasteiger partial charge on any atom is -0.396 e. The predicted octanol–water partition coefficient (Wildman–Crippen LogP) is 3.78. The van der Waals surface area contributed by atoms with Crippen molar-refractivity contribution in [2.24, 2.45) is 0 Å². The van der Waals surface area contributed by atoms with Gasteiger partial charge in [-0.3, -0.25) is 0 Å². The number of aliphatic hydroxyl groups excluding tert-OH is 1. The van der Waals surface area contributed by atoms with E-state index in [1.807, 2.05) is 41.5 Å². The van der Waals surface area contributed by atoms with Gasteiger partial charge >= 0.3 is 0 Å². The van der Waals surface area contributed by atoms with Gasteiger partial charge in [0.15, 0.2) is 0 Å². The maximum absolute atomic E-state index is 8.71. The Labute approximate surface area is 114 Å². The zero-order valence-corrected chi connectivity index (χ0v) is 13.6. The number of hydrogen-bond acceptors (Lipinski definition) is 3. The Balaban J connectivity index is 0. The smallest absolute Gasteiger partial charge is 0.0651 e. The van der Waals surface area contributed by atoms with Crippen LogP contribution in [0.5, 0.6) is 0 Å². The van der Waals surface area contributed by atoms with Crippen molar-refractivity contribution in [3.8, 4) is 0 Å². The third kappa shape index (κ3) is 15.9. The first-order chi connectivity index (χ1) is 8.14. The van der Waals surface area contributed by atoms with Gasteiger partial charge in [-0.25, -0.2) is 0 Å². The third-order valence-corrected chi connectivity index (χ3v) is 2.35. The lowest BCUT2D eigenvalue weighted by molar-refractivity contribution is -0.0754. The van der Waals surface area contributed by atoms with Crippen LogP contribution >= 0.6 is 0 Å². The minimum absolute atomic E-state index is 0.176. The summed E-state index contributed by atoms with van der Waals surface area (Å²) < 4.78 is 10.9. The quantitative estimate of drug-likeness (QED) is 0.759. The van der Waals surface area contributed by atoms with E-state index in [0.717, 1.165) is 6.42 Å². The van der Waals surface area contributed by atoms with Crippen molar-refractivity contribution >= 4 is 0 Å². The van der Waals surface area contributed by atoms with Crippen molar-refractivity contribution in [1.82, 2.24) is 0 Å². The lowest BCUT2D eigenvalue weighted by Gasteiger charge is -2.28. The molecule has 18 heavy (non-hydrogen) atoms. The average Bonchev–Trinajstić information content (AvgIpc) is 2.15. The molecule has 1 atom stereocenters. The fourth-order valence-corrected chi connectivity index (χ4v) is 1.50. The van der Waals surface area contributed by atoms with Crippen molar-refractivity contribution in [2.45, 2.75) is 92.1 Å². The highest BCUT2D eigenvalue weighted by atomic mass is 16.5. The van der Waals surface area contributed by atoms with Gasteiger partial charge in [0, 0.05) is 6.61 Å². The Morgan fingerprint density at radius 2 is 1.44 bits per heavy atom. The van der Waals surface area contributed by atoms with E-state index < -0.39 is 0 Å². The molecule has 0 saturated heterocycles. The number of ether oxygens (including phenoxy) is 2. The van der Waals surface area contributed by atoms with Crippen molar-refractivity contribution in [1.29, 1.82) is 0 Å². The average molecular weight is 262 g/mol. The van der Waals surface area contributed by atoms with Gasteiger partial charge in [0.25, 0.3) is 0 Å². The second-order valence-electron chi connectivity index (χ2n) is 5.80. The Hall–Kier alpha value is -0.120. The Kier molecular flexibility index (Phi) is 12.1. The zero-order valence-electron chi connectivity index (χ0n) is 13.6. The van der Waals surface area contributed by atoms with Crippen molar-refractivity contribution in [3.63, 3.8) is 0 Å². The summed E-state index contributed by atoms with van der Waals surface area (Å²) in [4.78, 5) is 0. The first kappa shape index (κ1) is 20.2. The molecule has 0 aromatic heterocycles. The normalized spacial score (nSPS) is 13.5. The van der Waals surface area contributed by atoms with Gasteiger partial charge < -0.3 is 14.6 Å². The SMILES string of the molecule is CC(C)OC(C)C.CCC(C)OC(C)(C)CCO. The molecule has 0 fully saturated rings. The molecule has 0 aliphatic heterocycles. The molecule has 0 aromatic carbocycles. The van der Waals surface area contributed by atoms with Crippen LogP contribution in [0.3, 0.4) is 0 Å². The first-order valence-electron chi connectivity index (χ1n) is 7.08. The van der Waals surface area contributed by atoms with Crippen molar-refractivity contribution in [2.75, 3.05) is 6.61 Å². The summed E-state index contributed by atoms with van der Waals surface area (Å²) in [6, 6.07) is 0. The van der Waals surface area contributed by atoms with Crippen LogP contribution in [0, 0.1) is 0 Å². The molecule has 0 radical (unpaired) electrons. The van der Waals surface area contributed by atoms with E-state index in [0.29, 0.717) is 18.6 Å². The van der Waals surface area contributed by atoms with Crippen LogP contribution in [0.25, 0.3) is 0 Å². The highest BCUT2D eigenvalue weighted by Gasteiger charge is 2.19. The Morgan fingerprint density at radius 1 is 1.00 bits per heavy atom. The molecule has 3 heteroatoms. The molecule has 112 valence electrons. The summed E-state index contributed by atoms with van der Waals surface area (Å²) >= 11 is 0. The summed E-state index contributed by atoms with van der Waals surface area (Å²) in [5.74, 6) is 0. The predicted molar refractivity (Wildman–Crippen MR) is 78.0 cm³/mol. The Morgan fingerprint density at radius 3 is 1.67 bits per heavy atom. The fraction of sp³-hybridized carbons (Fsp3) is 1.00. The summed E-state index contributed by atoms with van der Waals surface area (Å²) in [6.07, 6.45) is 2.77. The van der Waals surface area contributed by atoms with Gasteiger partial charge in [-0.05, 0) is 61.3 Å². The van der Waals surface area contributed by atoms with Gasteiger partial charge in [-0.1, -0.05) is 6.92 Å². The van der Waals surface area contributed by atoms with Gasteiger partial charge in [0.05, 0.1) is 23.9 Å². The van der Waals surface area contributed by atoms with Crippen LogP contribution in [0.2, 0.25) is 0 Å². The standard InChI is InChI=1S/C9H20O2.C6H14O/c1-5-8(2)11-9(3,4)6-7-10;1-5(2)7-6(3)4/h8,10H,5-7H2,1-4H3;5-6H,1-4H3. The molecule has 0 rings (SSSR count). The van der Waals surface area contributed by atoms with E-state index in [1.54, 1.807) is 0 Å². The largest absolute Gasteiger partial charge is 0.396 e. The third-order valence-electron chi connectivity index (χ3n) is 2.35. The van der Waals surface area contributed by atoms with Gasteiger partial charge in [0.2, 0.25) is 0 Å². The van der Waals surface area contributed by atoms with Crippen LogP contribution in [-0.2, 0) is 9.47 Å². The van der Waals surface area contributed by atoms with E-state index in [-0.39, 0.29) is 18.3 Å². The summed E-state index contributed by atoms with van der Waals surface area (Å²) in [7, 11) is 0. The van der Waals surface area contributed by atoms with E-state index in [9.17, 15) is 0 Å². The monoisotopic (exact) mass is 262 g/mol. The summed E-state index contributed by atoms with van der Waals surface area (Å²) in [5, 5.41) is 8.71. The molecule has 0 aromatic rings. The van der Waals surface area contributed by atoms with E-state index in [2.05, 4.69) is 13.8 Å². The summed E-state index contributed by atoms with van der Waals surface area (Å²) in [5.41, 5.74) is -0.176. The van der Waals surface area contributed by atoms with Crippen LogP contribution < -0.4 is 0 Å². The van der Waals surface area contributed by atoms with E-state index in [4.69, 9.17) is 14.6 Å². The molecule has 0 aliphatic carbocycles. The van der Waals surface area contributed by atoms with E-state index >= 15 is 0 Å². The second-order valence-corrected chi connectivity index (χ2v) is 5.80. The minimum atomic E-state index is -0.176. The number of hydrogen-bond donors (Lipinski definition) is 1. The van der Waals surface area contributed by atoms with Crippen molar-refractivity contribution < 1.29 is 14.6 Å².